The quantitative estimate of drug-likeness (QED) is 0.253. The molecule has 36 heavy (non-hydrogen) atoms. The van der Waals surface area contributed by atoms with Crippen LogP contribution in [0.2, 0.25) is 0 Å². The monoisotopic (exact) mass is 508 g/mol. The van der Waals surface area contributed by atoms with Crippen LogP contribution in [0.4, 0.5) is 30.7 Å². The van der Waals surface area contributed by atoms with Crippen molar-refractivity contribution < 1.29 is 35.5 Å². The topological polar surface area (TPSA) is 9.23 Å². The minimum absolute atomic E-state index is 0.0821. The lowest BCUT2D eigenvalue weighted by molar-refractivity contribution is -0.276. The van der Waals surface area contributed by atoms with Crippen molar-refractivity contribution in [2.75, 3.05) is 0 Å². The molecule has 0 atom stereocenters. The fraction of sp³-hybridized carbons (Fsp3) is 0.357. The summed E-state index contributed by atoms with van der Waals surface area (Å²) in [4.78, 5) is 0. The van der Waals surface area contributed by atoms with E-state index in [9.17, 15) is 30.7 Å². The van der Waals surface area contributed by atoms with Crippen molar-refractivity contribution in [3.05, 3.63) is 76.4 Å². The maximum Gasteiger partial charge on any atom is 0.573 e. The van der Waals surface area contributed by atoms with Crippen LogP contribution in [0.25, 0.3) is 10.8 Å². The molecule has 0 radical (unpaired) electrons. The van der Waals surface area contributed by atoms with Crippen molar-refractivity contribution in [1.82, 2.24) is 0 Å². The van der Waals surface area contributed by atoms with Gasteiger partial charge in [-0.2, -0.15) is 0 Å². The van der Waals surface area contributed by atoms with Gasteiger partial charge in [0, 0.05) is 10.9 Å². The number of hydrogen-bond acceptors (Lipinski definition) is 1. The van der Waals surface area contributed by atoms with Crippen LogP contribution in [0.5, 0.6) is 5.75 Å². The molecule has 190 valence electrons. The maximum atomic E-state index is 14.8. The van der Waals surface area contributed by atoms with Crippen molar-refractivity contribution in [1.29, 1.82) is 0 Å². The van der Waals surface area contributed by atoms with Crippen LogP contribution in [-0.2, 0) is 0 Å². The van der Waals surface area contributed by atoms with Gasteiger partial charge in [0.15, 0.2) is 11.6 Å². The van der Waals surface area contributed by atoms with E-state index in [0.29, 0.717) is 17.5 Å². The van der Waals surface area contributed by atoms with Crippen LogP contribution >= 0.6 is 0 Å². The van der Waals surface area contributed by atoms with E-state index < -0.39 is 40.9 Å². The highest BCUT2D eigenvalue weighted by Gasteiger charge is 2.34. The predicted octanol–water partition coefficient (Wildman–Crippen LogP) is 8.77. The molecule has 1 fully saturated rings. The zero-order valence-electron chi connectivity index (χ0n) is 19.4. The summed E-state index contributed by atoms with van der Waals surface area (Å²) in [6.07, 6.45) is 0.871. The average Bonchev–Trinajstić information content (AvgIpc) is 2.81. The summed E-state index contributed by atoms with van der Waals surface area (Å²) >= 11 is 0. The van der Waals surface area contributed by atoms with Crippen LogP contribution in [-0.4, -0.2) is 6.36 Å². The number of benzene rings is 3. The smallest absolute Gasteiger partial charge is 0.399 e. The first-order chi connectivity index (χ1) is 17.1. The Kier molecular flexibility index (Phi) is 7.49. The summed E-state index contributed by atoms with van der Waals surface area (Å²) < 4.78 is 98.7. The first-order valence-corrected chi connectivity index (χ1v) is 11.7. The average molecular weight is 508 g/mol. The highest BCUT2D eigenvalue weighted by Crippen LogP contribution is 2.38. The van der Waals surface area contributed by atoms with Crippen LogP contribution < -0.4 is 4.74 Å². The zero-order chi connectivity index (χ0) is 26.0. The molecule has 0 bridgehead atoms. The molecule has 0 aromatic heterocycles. The summed E-state index contributed by atoms with van der Waals surface area (Å²) in [5, 5.41) is -0.405. The highest BCUT2D eigenvalue weighted by atomic mass is 19.4. The second-order valence-electron chi connectivity index (χ2n) is 9.10. The Morgan fingerprint density at radius 3 is 2.14 bits per heavy atom. The van der Waals surface area contributed by atoms with Crippen LogP contribution in [0.3, 0.4) is 0 Å². The molecule has 1 nitrogen and oxygen atoms in total. The first-order valence-electron chi connectivity index (χ1n) is 11.7. The van der Waals surface area contributed by atoms with Crippen molar-refractivity contribution in [2.45, 2.75) is 57.7 Å². The van der Waals surface area contributed by atoms with Gasteiger partial charge < -0.3 is 4.74 Å². The summed E-state index contributed by atoms with van der Waals surface area (Å²) in [6, 6.07) is 6.87. The highest BCUT2D eigenvalue weighted by molar-refractivity contribution is 5.86. The fourth-order valence-electron chi connectivity index (χ4n) is 4.87. The molecule has 1 aliphatic rings. The van der Waals surface area contributed by atoms with Crippen LogP contribution in [0.1, 0.15) is 68.1 Å². The molecule has 3 aromatic carbocycles. The molecule has 8 heteroatoms. The molecule has 3 aromatic rings. The van der Waals surface area contributed by atoms with E-state index in [1.807, 2.05) is 0 Å². The Balaban J connectivity index is 1.58. The Morgan fingerprint density at radius 2 is 1.53 bits per heavy atom. The molecule has 0 N–H and O–H groups in total. The molecule has 0 unspecified atom stereocenters. The second kappa shape index (κ2) is 10.4. The lowest BCUT2D eigenvalue weighted by Crippen LogP contribution is -2.19. The molecule has 4 rings (SSSR count). The maximum absolute atomic E-state index is 14.8. The number of halogens is 7. The molecule has 0 spiro atoms. The largest absolute Gasteiger partial charge is 0.573 e. The molecular formula is C28H23F7O. The zero-order valence-corrected chi connectivity index (χ0v) is 19.4. The number of hydrogen-bond donors (Lipinski definition) is 0. The van der Waals surface area contributed by atoms with Gasteiger partial charge in [-0.25, -0.2) is 17.6 Å². The first kappa shape index (κ1) is 25.9. The third-order valence-corrected chi connectivity index (χ3v) is 6.62. The normalized spacial score (nSPS) is 18.1. The van der Waals surface area contributed by atoms with Gasteiger partial charge in [-0.05, 0) is 78.8 Å². The number of ether oxygens (including phenoxy) is 1. The van der Waals surface area contributed by atoms with Gasteiger partial charge in [-0.15, -0.1) is 13.2 Å². The van der Waals surface area contributed by atoms with Crippen molar-refractivity contribution >= 4 is 10.8 Å². The van der Waals surface area contributed by atoms with Gasteiger partial charge in [0.1, 0.15) is 11.6 Å². The predicted molar refractivity (Wildman–Crippen MR) is 122 cm³/mol. The number of rotatable bonds is 4. The van der Waals surface area contributed by atoms with E-state index in [-0.39, 0.29) is 22.3 Å². The van der Waals surface area contributed by atoms with E-state index >= 15 is 0 Å². The molecular weight excluding hydrogens is 485 g/mol. The Labute approximate surface area is 204 Å². The lowest BCUT2D eigenvalue weighted by Gasteiger charge is -2.28. The number of fused-ring (bicyclic) bond motifs is 1. The molecule has 0 heterocycles. The van der Waals surface area contributed by atoms with Gasteiger partial charge in [-0.3, -0.25) is 0 Å². The van der Waals surface area contributed by atoms with Crippen molar-refractivity contribution in [2.24, 2.45) is 5.92 Å². The third kappa shape index (κ3) is 5.77. The van der Waals surface area contributed by atoms with Crippen molar-refractivity contribution in [3.8, 4) is 17.6 Å². The fourth-order valence-corrected chi connectivity index (χ4v) is 4.87. The minimum atomic E-state index is -5.26. The second-order valence-corrected chi connectivity index (χ2v) is 9.10. The van der Waals surface area contributed by atoms with Crippen LogP contribution in [0.15, 0.2) is 36.4 Å². The molecule has 1 aliphatic carbocycles. The third-order valence-electron chi connectivity index (χ3n) is 6.62. The van der Waals surface area contributed by atoms with Crippen LogP contribution in [0, 0.1) is 41.0 Å². The summed E-state index contributed by atoms with van der Waals surface area (Å²) in [6.45, 7) is 2.15. The molecule has 0 saturated heterocycles. The van der Waals surface area contributed by atoms with Gasteiger partial charge in [0.05, 0.1) is 5.56 Å². The van der Waals surface area contributed by atoms with Gasteiger partial charge in [0.2, 0.25) is 5.75 Å². The van der Waals surface area contributed by atoms with Crippen molar-refractivity contribution in [3.63, 3.8) is 0 Å². The molecule has 1 saturated carbocycles. The Morgan fingerprint density at radius 1 is 0.861 bits per heavy atom. The number of alkyl halides is 3. The SMILES string of the molecule is CCCC1CCC(c2cc(F)c(C#Cc3ccc4c(F)c(OC(F)(F)F)c(F)cc4c3)c(F)c2)CC1. The van der Waals surface area contributed by atoms with E-state index in [1.165, 1.54) is 30.7 Å². The lowest BCUT2D eigenvalue weighted by atomic mass is 9.77. The molecule has 0 aliphatic heterocycles. The summed E-state index contributed by atoms with van der Waals surface area (Å²) in [7, 11) is 0. The van der Waals surface area contributed by atoms with Gasteiger partial charge in [0.25, 0.3) is 0 Å². The van der Waals surface area contributed by atoms with E-state index in [2.05, 4.69) is 23.5 Å². The van der Waals surface area contributed by atoms with Gasteiger partial charge >= 0.3 is 6.36 Å². The van der Waals surface area contributed by atoms with E-state index in [0.717, 1.165) is 38.2 Å². The summed E-state index contributed by atoms with van der Waals surface area (Å²) in [5.41, 5.74) is 0.353. The minimum Gasteiger partial charge on any atom is -0.399 e. The Bertz CT molecular complexity index is 1300. The van der Waals surface area contributed by atoms with Gasteiger partial charge in [-0.1, -0.05) is 37.7 Å². The Hall–Kier alpha value is -3.21. The van der Waals surface area contributed by atoms with E-state index in [1.54, 1.807) is 0 Å². The summed E-state index contributed by atoms with van der Waals surface area (Å²) in [5.74, 6) is -0.451. The molecule has 0 amide bonds. The van der Waals surface area contributed by atoms with E-state index in [4.69, 9.17) is 0 Å². The standard InChI is InChI=1S/C28H23F7O/c1-2-3-16-4-8-18(9-5-16)19-13-23(29)22(24(30)14-19)11-7-17-6-10-21-20(12-17)15-25(31)27(26(21)32)36-28(33,34)35/h6,10,12-16,18H,2-5,8-9H2,1H3.